The molecule has 4 rings (SSSR count). The van der Waals surface area contributed by atoms with Crippen LogP contribution < -0.4 is 15.6 Å². The Balaban J connectivity index is 1.69. The maximum absolute atomic E-state index is 13.5. The van der Waals surface area contributed by atoms with Crippen molar-refractivity contribution in [2.45, 2.75) is 25.9 Å². The minimum atomic E-state index is -0.206. The third-order valence-corrected chi connectivity index (χ3v) is 6.14. The number of anilines is 1. The zero-order chi connectivity index (χ0) is 23.4. The van der Waals surface area contributed by atoms with Gasteiger partial charge in [-0.1, -0.05) is 54.2 Å². The number of aryl methyl sites for hydroxylation is 2. The number of nitrogens with zero attached hydrogens (tertiary/aromatic N) is 2. The standard InChI is InChI=1S/C26H25N3O3S/c1-4-32-22-15-8-7-14-21(22)27-23(30)16-33-26-28-20-13-6-5-12-19(20)25(31)29(26)24-17(2)10-9-11-18(24)3/h5-15H,4,16H2,1-3H3,(H,27,30). The van der Waals surface area contributed by atoms with Gasteiger partial charge in [-0.3, -0.25) is 14.2 Å². The quantitative estimate of drug-likeness (QED) is 0.306. The molecule has 0 aliphatic heterocycles. The predicted molar refractivity (Wildman–Crippen MR) is 134 cm³/mol. The highest BCUT2D eigenvalue weighted by Gasteiger charge is 2.18. The Bertz CT molecular complexity index is 1360. The molecule has 0 saturated carbocycles. The summed E-state index contributed by atoms with van der Waals surface area (Å²) in [6, 6.07) is 20.5. The van der Waals surface area contributed by atoms with Gasteiger partial charge in [-0.15, -0.1) is 0 Å². The fourth-order valence-corrected chi connectivity index (χ4v) is 4.53. The number of aromatic nitrogens is 2. The SMILES string of the molecule is CCOc1ccccc1NC(=O)CSc1nc2ccccc2c(=O)n1-c1c(C)cccc1C. The van der Waals surface area contributed by atoms with Crippen LogP contribution in [0.2, 0.25) is 0 Å². The van der Waals surface area contributed by atoms with Crippen molar-refractivity contribution in [3.8, 4) is 11.4 Å². The summed E-state index contributed by atoms with van der Waals surface area (Å²) in [5.41, 5.74) is 3.79. The van der Waals surface area contributed by atoms with E-state index in [0.717, 1.165) is 16.8 Å². The second-order valence-electron chi connectivity index (χ2n) is 7.56. The van der Waals surface area contributed by atoms with Crippen molar-refractivity contribution in [3.63, 3.8) is 0 Å². The van der Waals surface area contributed by atoms with E-state index in [2.05, 4.69) is 5.32 Å². The summed E-state index contributed by atoms with van der Waals surface area (Å²) in [4.78, 5) is 31.0. The van der Waals surface area contributed by atoms with E-state index in [4.69, 9.17) is 9.72 Å². The first-order valence-electron chi connectivity index (χ1n) is 10.7. The van der Waals surface area contributed by atoms with Crippen LogP contribution in [0.25, 0.3) is 16.6 Å². The van der Waals surface area contributed by atoms with Gasteiger partial charge >= 0.3 is 0 Å². The maximum Gasteiger partial charge on any atom is 0.266 e. The van der Waals surface area contributed by atoms with Crippen molar-refractivity contribution in [3.05, 3.63) is 88.2 Å². The molecule has 7 heteroatoms. The van der Waals surface area contributed by atoms with Gasteiger partial charge in [0.2, 0.25) is 5.91 Å². The van der Waals surface area contributed by atoms with E-state index in [1.54, 1.807) is 16.7 Å². The van der Waals surface area contributed by atoms with Crippen molar-refractivity contribution in [2.24, 2.45) is 0 Å². The zero-order valence-corrected chi connectivity index (χ0v) is 19.6. The Hall–Kier alpha value is -3.58. The van der Waals surface area contributed by atoms with E-state index < -0.39 is 0 Å². The molecule has 168 valence electrons. The molecule has 0 fully saturated rings. The summed E-state index contributed by atoms with van der Waals surface area (Å²) in [7, 11) is 0. The molecule has 1 aromatic heterocycles. The van der Waals surface area contributed by atoms with Gasteiger partial charge < -0.3 is 10.1 Å². The van der Waals surface area contributed by atoms with Gasteiger partial charge in [-0.25, -0.2) is 4.98 Å². The predicted octanol–water partition coefficient (Wildman–Crippen LogP) is 5.13. The van der Waals surface area contributed by atoms with Gasteiger partial charge in [-0.2, -0.15) is 0 Å². The number of rotatable bonds is 7. The van der Waals surface area contributed by atoms with Crippen LogP contribution in [0.15, 0.2) is 76.7 Å². The molecule has 0 unspecified atom stereocenters. The van der Waals surface area contributed by atoms with Crippen LogP contribution in [0, 0.1) is 13.8 Å². The Morgan fingerprint density at radius 1 is 1.00 bits per heavy atom. The molecule has 1 N–H and O–H groups in total. The van der Waals surface area contributed by atoms with Crippen molar-refractivity contribution in [1.29, 1.82) is 0 Å². The molecule has 0 bridgehead atoms. The Labute approximate surface area is 196 Å². The third kappa shape index (κ3) is 4.78. The number of benzene rings is 3. The Morgan fingerprint density at radius 2 is 1.70 bits per heavy atom. The molecular weight excluding hydrogens is 434 g/mol. The summed E-state index contributed by atoms with van der Waals surface area (Å²) in [5, 5.41) is 3.92. The Morgan fingerprint density at radius 3 is 2.45 bits per heavy atom. The van der Waals surface area contributed by atoms with Crippen LogP contribution in [-0.4, -0.2) is 27.8 Å². The minimum absolute atomic E-state index is 0.0934. The summed E-state index contributed by atoms with van der Waals surface area (Å²) in [5.74, 6) is 0.508. The topological polar surface area (TPSA) is 73.2 Å². The van der Waals surface area contributed by atoms with E-state index >= 15 is 0 Å². The first-order chi connectivity index (χ1) is 16.0. The average Bonchev–Trinajstić information content (AvgIpc) is 2.80. The molecule has 4 aromatic rings. The lowest BCUT2D eigenvalue weighted by Crippen LogP contribution is -2.24. The first-order valence-corrected chi connectivity index (χ1v) is 11.7. The molecule has 6 nitrogen and oxygen atoms in total. The van der Waals surface area contributed by atoms with Gasteiger partial charge in [0.1, 0.15) is 5.75 Å². The van der Waals surface area contributed by atoms with Gasteiger partial charge in [0.25, 0.3) is 5.56 Å². The van der Waals surface area contributed by atoms with Crippen LogP contribution in [0.3, 0.4) is 0 Å². The van der Waals surface area contributed by atoms with E-state index in [1.807, 2.05) is 75.4 Å². The molecule has 0 spiro atoms. The summed E-state index contributed by atoms with van der Waals surface area (Å²) >= 11 is 1.23. The number of ether oxygens (including phenoxy) is 1. The lowest BCUT2D eigenvalue weighted by Gasteiger charge is -2.17. The van der Waals surface area contributed by atoms with Crippen molar-refractivity contribution < 1.29 is 9.53 Å². The van der Waals surface area contributed by atoms with Crippen LogP contribution in [0.5, 0.6) is 5.75 Å². The highest BCUT2D eigenvalue weighted by molar-refractivity contribution is 7.99. The number of hydrogen-bond acceptors (Lipinski definition) is 5. The van der Waals surface area contributed by atoms with Crippen molar-refractivity contribution in [2.75, 3.05) is 17.7 Å². The second kappa shape index (κ2) is 9.92. The van der Waals surface area contributed by atoms with Gasteiger partial charge in [-0.05, 0) is 56.2 Å². The van der Waals surface area contributed by atoms with Crippen LogP contribution >= 0.6 is 11.8 Å². The molecule has 0 atom stereocenters. The number of carbonyl (C=O) groups is 1. The number of para-hydroxylation sites is 4. The number of fused-ring (bicyclic) bond motifs is 1. The van der Waals surface area contributed by atoms with E-state index in [1.165, 1.54) is 11.8 Å². The summed E-state index contributed by atoms with van der Waals surface area (Å²) in [6.45, 7) is 6.34. The fraction of sp³-hybridized carbons (Fsp3) is 0.192. The molecule has 0 radical (unpaired) electrons. The molecular formula is C26H25N3O3S. The molecule has 1 amide bonds. The number of hydrogen-bond donors (Lipinski definition) is 1. The number of thioether (sulfide) groups is 1. The molecule has 3 aromatic carbocycles. The van der Waals surface area contributed by atoms with Crippen molar-refractivity contribution >= 4 is 34.3 Å². The molecule has 1 heterocycles. The Kier molecular flexibility index (Phi) is 6.79. The van der Waals surface area contributed by atoms with Crippen LogP contribution in [0.1, 0.15) is 18.1 Å². The third-order valence-electron chi connectivity index (χ3n) is 5.20. The number of amides is 1. The highest BCUT2D eigenvalue weighted by atomic mass is 32.2. The second-order valence-corrected chi connectivity index (χ2v) is 8.50. The van der Waals surface area contributed by atoms with E-state index in [-0.39, 0.29) is 17.2 Å². The number of nitrogens with one attached hydrogen (secondary N) is 1. The largest absolute Gasteiger partial charge is 0.492 e. The smallest absolute Gasteiger partial charge is 0.266 e. The zero-order valence-electron chi connectivity index (χ0n) is 18.8. The lowest BCUT2D eigenvalue weighted by molar-refractivity contribution is -0.113. The average molecular weight is 460 g/mol. The monoisotopic (exact) mass is 459 g/mol. The highest BCUT2D eigenvalue weighted by Crippen LogP contribution is 2.27. The van der Waals surface area contributed by atoms with E-state index in [9.17, 15) is 9.59 Å². The molecule has 33 heavy (non-hydrogen) atoms. The van der Waals surface area contributed by atoms with Crippen LogP contribution in [0.4, 0.5) is 5.69 Å². The summed E-state index contributed by atoms with van der Waals surface area (Å²) in [6.07, 6.45) is 0. The van der Waals surface area contributed by atoms with Gasteiger partial charge in [0.15, 0.2) is 5.16 Å². The van der Waals surface area contributed by atoms with Gasteiger partial charge in [0.05, 0.1) is 34.6 Å². The number of carbonyl (C=O) groups excluding carboxylic acids is 1. The molecule has 0 aliphatic carbocycles. The lowest BCUT2D eigenvalue weighted by atomic mass is 10.1. The fourth-order valence-electron chi connectivity index (χ4n) is 3.73. The summed E-state index contributed by atoms with van der Waals surface area (Å²) < 4.78 is 7.21. The minimum Gasteiger partial charge on any atom is -0.492 e. The molecule has 0 aliphatic rings. The molecule has 0 saturated heterocycles. The maximum atomic E-state index is 13.5. The van der Waals surface area contributed by atoms with Crippen molar-refractivity contribution in [1.82, 2.24) is 9.55 Å². The normalized spacial score (nSPS) is 10.9. The van der Waals surface area contributed by atoms with E-state index in [0.29, 0.717) is 34.1 Å². The van der Waals surface area contributed by atoms with Crippen LogP contribution in [-0.2, 0) is 4.79 Å². The van der Waals surface area contributed by atoms with Gasteiger partial charge in [0, 0.05) is 0 Å². The first kappa shape index (κ1) is 22.6.